The molecule has 0 fully saturated rings. The van der Waals surface area contributed by atoms with Crippen LogP contribution in [0.15, 0.2) is 24.3 Å². The lowest BCUT2D eigenvalue weighted by molar-refractivity contribution is -0.142. The van der Waals surface area contributed by atoms with Crippen LogP contribution in [0.2, 0.25) is 0 Å². The Labute approximate surface area is 97.5 Å². The maximum atomic E-state index is 11.4. The molecule has 1 aromatic rings. The van der Waals surface area contributed by atoms with E-state index in [0.29, 0.717) is 5.56 Å². The Hall–Kier alpha value is -2.08. The normalized spacial score (nSPS) is 11.8. The maximum Gasteiger partial charge on any atom is 0.328 e. The Kier molecular flexibility index (Phi) is 4.47. The Morgan fingerprint density at radius 1 is 1.35 bits per heavy atom. The van der Waals surface area contributed by atoms with Gasteiger partial charge in [0, 0.05) is 0 Å². The summed E-state index contributed by atoms with van der Waals surface area (Å²) < 4.78 is 0. The van der Waals surface area contributed by atoms with Gasteiger partial charge >= 0.3 is 5.97 Å². The lowest BCUT2D eigenvalue weighted by Crippen LogP contribution is -2.43. The van der Waals surface area contributed by atoms with Crippen LogP contribution in [0.1, 0.15) is 5.56 Å². The van der Waals surface area contributed by atoms with Crippen molar-refractivity contribution in [2.45, 2.75) is 12.5 Å². The van der Waals surface area contributed by atoms with Crippen LogP contribution < -0.4 is 5.32 Å². The smallest absolute Gasteiger partial charge is 0.328 e. The van der Waals surface area contributed by atoms with Crippen LogP contribution in [0.5, 0.6) is 5.75 Å². The summed E-state index contributed by atoms with van der Waals surface area (Å²) in [6.45, 7) is -0.666. The molecule has 0 aliphatic heterocycles. The number of phenols is 1. The molecule has 1 rings (SSSR count). The van der Waals surface area contributed by atoms with Gasteiger partial charge in [-0.3, -0.25) is 4.79 Å². The zero-order valence-corrected chi connectivity index (χ0v) is 8.96. The number of carboxylic acid groups (broad SMARTS) is 1. The van der Waals surface area contributed by atoms with E-state index in [2.05, 4.69) is 5.32 Å². The number of aliphatic carboxylic acids is 1. The van der Waals surface area contributed by atoms with Crippen LogP contribution in [-0.2, 0) is 16.0 Å². The minimum absolute atomic E-state index is 0.0345. The van der Waals surface area contributed by atoms with Gasteiger partial charge < -0.3 is 20.6 Å². The molecular weight excluding hydrogens is 226 g/mol. The summed E-state index contributed by atoms with van der Waals surface area (Å²) in [5.74, 6) is -1.79. The van der Waals surface area contributed by atoms with Crippen LogP contribution in [-0.4, -0.2) is 39.8 Å². The summed E-state index contributed by atoms with van der Waals surface area (Å²) in [5.41, 5.74) is 0.560. The van der Waals surface area contributed by atoms with Crippen LogP contribution in [0.4, 0.5) is 0 Å². The predicted octanol–water partition coefficient (Wildman–Crippen LogP) is -0.504. The molecule has 6 nitrogen and oxygen atoms in total. The van der Waals surface area contributed by atoms with E-state index >= 15 is 0 Å². The highest BCUT2D eigenvalue weighted by atomic mass is 16.4. The topological polar surface area (TPSA) is 107 Å². The van der Waals surface area contributed by atoms with Gasteiger partial charge in [-0.2, -0.15) is 0 Å². The first kappa shape index (κ1) is 13.0. The number of aromatic hydroxyl groups is 1. The molecule has 0 aromatic heterocycles. The highest BCUT2D eigenvalue weighted by Gasteiger charge is 2.18. The molecule has 0 saturated heterocycles. The van der Waals surface area contributed by atoms with Crippen LogP contribution in [0.25, 0.3) is 0 Å². The van der Waals surface area contributed by atoms with E-state index in [9.17, 15) is 14.7 Å². The lowest BCUT2D eigenvalue weighted by atomic mass is 10.1. The summed E-state index contributed by atoms with van der Waals surface area (Å²) in [6, 6.07) is 4.79. The third kappa shape index (κ3) is 4.12. The van der Waals surface area contributed by atoms with Crippen LogP contribution >= 0.6 is 0 Å². The Balaban J connectivity index is 2.58. The van der Waals surface area contributed by atoms with Gasteiger partial charge in [0.05, 0.1) is 13.0 Å². The van der Waals surface area contributed by atoms with Crippen molar-refractivity contribution >= 4 is 11.9 Å². The van der Waals surface area contributed by atoms with Gasteiger partial charge in [0.2, 0.25) is 5.91 Å². The second-order valence-electron chi connectivity index (χ2n) is 3.49. The van der Waals surface area contributed by atoms with E-state index < -0.39 is 24.5 Å². The van der Waals surface area contributed by atoms with Gasteiger partial charge in [-0.15, -0.1) is 0 Å². The van der Waals surface area contributed by atoms with E-state index in [1.54, 1.807) is 12.1 Å². The highest BCUT2D eigenvalue weighted by molar-refractivity contribution is 5.84. The number of amides is 1. The minimum atomic E-state index is -1.31. The standard InChI is InChI=1S/C11H13NO5/c13-6-9(11(16)17)12-10(15)5-7-2-1-3-8(14)4-7/h1-4,9,13-14H,5-6H2,(H,12,15)(H,16,17). The van der Waals surface area contributed by atoms with Crippen molar-refractivity contribution in [3.8, 4) is 5.75 Å². The molecule has 0 aliphatic carbocycles. The number of carbonyl (C=O) groups is 2. The zero-order valence-electron chi connectivity index (χ0n) is 8.96. The molecule has 1 unspecified atom stereocenters. The molecule has 17 heavy (non-hydrogen) atoms. The molecule has 1 amide bonds. The van der Waals surface area contributed by atoms with Crippen molar-refractivity contribution in [3.05, 3.63) is 29.8 Å². The molecule has 0 aliphatic rings. The monoisotopic (exact) mass is 239 g/mol. The quantitative estimate of drug-likeness (QED) is 0.554. The lowest BCUT2D eigenvalue weighted by Gasteiger charge is -2.11. The summed E-state index contributed by atoms with van der Waals surface area (Å²) in [7, 11) is 0. The first-order valence-corrected chi connectivity index (χ1v) is 4.94. The SMILES string of the molecule is O=C(Cc1cccc(O)c1)NC(CO)C(=O)O. The Morgan fingerprint density at radius 3 is 2.59 bits per heavy atom. The Bertz CT molecular complexity index is 418. The molecule has 0 saturated carbocycles. The first-order valence-electron chi connectivity index (χ1n) is 4.94. The number of aliphatic hydroxyl groups is 1. The fourth-order valence-corrected chi connectivity index (χ4v) is 1.28. The molecule has 0 heterocycles. The number of rotatable bonds is 5. The third-order valence-electron chi connectivity index (χ3n) is 2.09. The van der Waals surface area contributed by atoms with E-state index in [0.717, 1.165) is 0 Å². The minimum Gasteiger partial charge on any atom is -0.508 e. The predicted molar refractivity (Wildman–Crippen MR) is 58.5 cm³/mol. The summed E-state index contributed by atoms with van der Waals surface area (Å²) in [6.07, 6.45) is -0.0574. The largest absolute Gasteiger partial charge is 0.508 e. The molecule has 6 heteroatoms. The molecule has 92 valence electrons. The summed E-state index contributed by atoms with van der Waals surface area (Å²) >= 11 is 0. The summed E-state index contributed by atoms with van der Waals surface area (Å²) in [5, 5.41) is 28.7. The van der Waals surface area contributed by atoms with Crippen LogP contribution in [0.3, 0.4) is 0 Å². The van der Waals surface area contributed by atoms with Crippen molar-refractivity contribution in [1.29, 1.82) is 0 Å². The first-order chi connectivity index (χ1) is 8.02. The summed E-state index contributed by atoms with van der Waals surface area (Å²) in [4.78, 5) is 22.0. The molecule has 0 bridgehead atoms. The van der Waals surface area contributed by atoms with E-state index in [1.807, 2.05) is 0 Å². The highest BCUT2D eigenvalue weighted by Crippen LogP contribution is 2.11. The second kappa shape index (κ2) is 5.86. The average molecular weight is 239 g/mol. The van der Waals surface area contributed by atoms with Gasteiger partial charge in [0.1, 0.15) is 11.8 Å². The van der Waals surface area contributed by atoms with Gasteiger partial charge in [-0.05, 0) is 17.7 Å². The van der Waals surface area contributed by atoms with Gasteiger partial charge in [0.25, 0.3) is 0 Å². The maximum absolute atomic E-state index is 11.4. The molecule has 4 N–H and O–H groups in total. The van der Waals surface area contributed by atoms with E-state index in [-0.39, 0.29) is 12.2 Å². The Morgan fingerprint density at radius 2 is 2.06 bits per heavy atom. The van der Waals surface area contributed by atoms with Gasteiger partial charge in [0.15, 0.2) is 0 Å². The van der Waals surface area contributed by atoms with Crippen molar-refractivity contribution in [1.82, 2.24) is 5.32 Å². The van der Waals surface area contributed by atoms with Crippen molar-refractivity contribution in [2.75, 3.05) is 6.61 Å². The zero-order chi connectivity index (χ0) is 12.8. The number of hydrogen-bond donors (Lipinski definition) is 4. The second-order valence-corrected chi connectivity index (χ2v) is 3.49. The van der Waals surface area contributed by atoms with Crippen molar-refractivity contribution < 1.29 is 24.9 Å². The molecule has 0 spiro atoms. The average Bonchev–Trinajstić information content (AvgIpc) is 2.25. The number of benzene rings is 1. The molecular formula is C11H13NO5. The number of hydrogen-bond acceptors (Lipinski definition) is 4. The molecule has 1 atom stereocenters. The fraction of sp³-hybridized carbons (Fsp3) is 0.273. The number of aliphatic hydroxyl groups excluding tert-OH is 1. The molecule has 1 aromatic carbocycles. The van der Waals surface area contributed by atoms with Gasteiger partial charge in [-0.25, -0.2) is 4.79 Å². The fourth-order valence-electron chi connectivity index (χ4n) is 1.28. The van der Waals surface area contributed by atoms with Crippen molar-refractivity contribution in [3.63, 3.8) is 0 Å². The van der Waals surface area contributed by atoms with Crippen molar-refractivity contribution in [2.24, 2.45) is 0 Å². The third-order valence-corrected chi connectivity index (χ3v) is 2.09. The number of carbonyl (C=O) groups excluding carboxylic acids is 1. The van der Waals surface area contributed by atoms with Gasteiger partial charge in [-0.1, -0.05) is 12.1 Å². The van der Waals surface area contributed by atoms with E-state index in [4.69, 9.17) is 10.2 Å². The number of phenolic OH excluding ortho intramolecular Hbond substituents is 1. The van der Waals surface area contributed by atoms with E-state index in [1.165, 1.54) is 12.1 Å². The van der Waals surface area contributed by atoms with Crippen LogP contribution in [0, 0.1) is 0 Å². The number of carboxylic acids is 1. The number of nitrogens with one attached hydrogen (secondary N) is 1. The molecule has 0 radical (unpaired) electrons.